The topological polar surface area (TPSA) is 75.1 Å². The Labute approximate surface area is 159 Å². The number of anilines is 1. The van der Waals surface area contributed by atoms with Gasteiger partial charge in [0.15, 0.2) is 11.5 Å². The van der Waals surface area contributed by atoms with Crippen LogP contribution >= 0.6 is 0 Å². The van der Waals surface area contributed by atoms with E-state index in [2.05, 4.69) is 16.8 Å². The van der Waals surface area contributed by atoms with Gasteiger partial charge in [0.25, 0.3) is 0 Å². The molecule has 0 amide bonds. The zero-order valence-corrected chi connectivity index (χ0v) is 15.6. The van der Waals surface area contributed by atoms with Crippen LogP contribution in [-0.4, -0.2) is 47.8 Å². The number of ether oxygens (including phenoxy) is 2. The first kappa shape index (κ1) is 18.1. The summed E-state index contributed by atoms with van der Waals surface area (Å²) in [6.45, 7) is 3.64. The highest BCUT2D eigenvalue weighted by Gasteiger charge is 2.41. The summed E-state index contributed by atoms with van der Waals surface area (Å²) in [5, 5.41) is 20.6. The van der Waals surface area contributed by atoms with E-state index < -0.39 is 6.10 Å². The fourth-order valence-electron chi connectivity index (χ4n) is 4.13. The summed E-state index contributed by atoms with van der Waals surface area (Å²) in [6.07, 6.45) is 3.78. The van der Waals surface area contributed by atoms with E-state index in [1.165, 1.54) is 0 Å². The molecule has 3 heterocycles. The number of hydrogen-bond donors (Lipinski definition) is 2. The minimum atomic E-state index is -0.563. The predicted molar refractivity (Wildman–Crippen MR) is 103 cm³/mol. The third-order valence-corrected chi connectivity index (χ3v) is 5.82. The van der Waals surface area contributed by atoms with Crippen LogP contribution in [0.4, 0.5) is 5.82 Å². The van der Waals surface area contributed by atoms with E-state index in [4.69, 9.17) is 9.47 Å². The van der Waals surface area contributed by atoms with Crippen molar-refractivity contribution in [2.24, 2.45) is 5.41 Å². The Hall–Kier alpha value is -2.31. The fourth-order valence-corrected chi connectivity index (χ4v) is 4.13. The van der Waals surface area contributed by atoms with E-state index >= 15 is 0 Å². The van der Waals surface area contributed by atoms with E-state index in [9.17, 15) is 10.2 Å². The maximum Gasteiger partial charge on any atom is 0.231 e. The number of aromatic nitrogens is 1. The minimum absolute atomic E-state index is 0.0283. The quantitative estimate of drug-likeness (QED) is 0.843. The molecule has 4 rings (SSSR count). The van der Waals surface area contributed by atoms with Gasteiger partial charge in [0.2, 0.25) is 6.79 Å². The summed E-state index contributed by atoms with van der Waals surface area (Å²) in [6, 6.07) is 9.91. The molecule has 2 aliphatic heterocycles. The smallest absolute Gasteiger partial charge is 0.231 e. The lowest BCUT2D eigenvalue weighted by molar-refractivity contribution is -0.0372. The summed E-state index contributed by atoms with van der Waals surface area (Å²) >= 11 is 0. The Kier molecular flexibility index (Phi) is 4.93. The lowest BCUT2D eigenvalue weighted by atomic mass is 9.73. The molecule has 2 aromatic rings. The molecule has 0 saturated carbocycles. The first-order valence-corrected chi connectivity index (χ1v) is 9.55. The van der Waals surface area contributed by atoms with Crippen molar-refractivity contribution in [2.75, 3.05) is 31.4 Å². The number of aliphatic hydroxyl groups excluding tert-OH is 2. The number of hydrogen-bond acceptors (Lipinski definition) is 6. The van der Waals surface area contributed by atoms with Crippen molar-refractivity contribution in [3.8, 4) is 22.6 Å². The van der Waals surface area contributed by atoms with E-state index in [0.29, 0.717) is 6.54 Å². The monoisotopic (exact) mass is 370 g/mol. The molecular weight excluding hydrogens is 344 g/mol. The second-order valence-corrected chi connectivity index (χ2v) is 7.45. The van der Waals surface area contributed by atoms with Gasteiger partial charge in [-0.1, -0.05) is 19.4 Å². The Balaban J connectivity index is 1.55. The van der Waals surface area contributed by atoms with E-state index in [0.717, 1.165) is 54.3 Å². The van der Waals surface area contributed by atoms with E-state index in [1.807, 2.05) is 30.3 Å². The van der Waals surface area contributed by atoms with Gasteiger partial charge in [-0.2, -0.15) is 0 Å². The van der Waals surface area contributed by atoms with Gasteiger partial charge in [-0.15, -0.1) is 0 Å². The molecule has 0 radical (unpaired) electrons. The third kappa shape index (κ3) is 3.35. The number of pyridine rings is 1. The van der Waals surface area contributed by atoms with Crippen LogP contribution < -0.4 is 14.4 Å². The lowest BCUT2D eigenvalue weighted by Gasteiger charge is -2.45. The molecule has 144 valence electrons. The van der Waals surface area contributed by atoms with Crippen LogP contribution in [0.1, 0.15) is 26.2 Å². The maximum atomic E-state index is 10.7. The standard InChI is InChI=1S/C21H26N2O4/c1-2-6-21(13-24)7-9-23(12-19(21)25)20-11-16(5-8-22-20)15-3-4-17-18(10-15)27-14-26-17/h3-5,8,10-11,19,24-25H,2,6-7,9,12-14H2,1H3/t19-,21+/m0/s1. The van der Waals surface area contributed by atoms with Crippen molar-refractivity contribution < 1.29 is 19.7 Å². The van der Waals surface area contributed by atoms with Gasteiger partial charge in [-0.3, -0.25) is 0 Å². The Morgan fingerprint density at radius 2 is 2.00 bits per heavy atom. The molecule has 0 aliphatic carbocycles. The molecule has 1 aromatic carbocycles. The number of rotatable bonds is 5. The van der Waals surface area contributed by atoms with Crippen LogP contribution in [0.2, 0.25) is 0 Å². The molecule has 27 heavy (non-hydrogen) atoms. The third-order valence-electron chi connectivity index (χ3n) is 5.82. The molecule has 0 unspecified atom stereocenters. The minimum Gasteiger partial charge on any atom is -0.454 e. The zero-order valence-electron chi connectivity index (χ0n) is 15.6. The van der Waals surface area contributed by atoms with Crippen LogP contribution in [0.3, 0.4) is 0 Å². The summed E-state index contributed by atoms with van der Waals surface area (Å²) in [5.41, 5.74) is 1.69. The van der Waals surface area contributed by atoms with Crippen molar-refractivity contribution in [3.63, 3.8) is 0 Å². The largest absolute Gasteiger partial charge is 0.454 e. The second kappa shape index (κ2) is 7.37. The van der Waals surface area contributed by atoms with Gasteiger partial charge < -0.3 is 24.6 Å². The average molecular weight is 370 g/mol. The van der Waals surface area contributed by atoms with Gasteiger partial charge in [0, 0.05) is 24.7 Å². The Morgan fingerprint density at radius 1 is 1.19 bits per heavy atom. The highest BCUT2D eigenvalue weighted by molar-refractivity contribution is 5.70. The molecule has 1 aromatic heterocycles. The Bertz CT molecular complexity index is 813. The highest BCUT2D eigenvalue weighted by Crippen LogP contribution is 2.39. The molecular formula is C21H26N2O4. The molecule has 1 saturated heterocycles. The van der Waals surface area contributed by atoms with Gasteiger partial charge in [-0.05, 0) is 48.2 Å². The SMILES string of the molecule is CCC[C@]1(CO)CCN(c2cc(-c3ccc4c(c3)OCO4)ccn2)C[C@@H]1O. The van der Waals surface area contributed by atoms with Crippen molar-refractivity contribution in [1.82, 2.24) is 4.98 Å². The van der Waals surface area contributed by atoms with Crippen LogP contribution in [0.15, 0.2) is 36.5 Å². The number of fused-ring (bicyclic) bond motifs is 1. The molecule has 2 N–H and O–H groups in total. The van der Waals surface area contributed by atoms with Crippen LogP contribution in [0.5, 0.6) is 11.5 Å². The van der Waals surface area contributed by atoms with E-state index in [1.54, 1.807) is 6.20 Å². The van der Waals surface area contributed by atoms with Crippen LogP contribution in [-0.2, 0) is 0 Å². The number of β-amino-alcohol motifs (C(OH)–C–C–N with tert-alkyl or cyclic N) is 1. The Morgan fingerprint density at radius 3 is 2.78 bits per heavy atom. The predicted octanol–water partition coefficient (Wildman–Crippen LogP) is 2.83. The second-order valence-electron chi connectivity index (χ2n) is 7.45. The maximum absolute atomic E-state index is 10.7. The van der Waals surface area contributed by atoms with Gasteiger partial charge in [0.05, 0.1) is 12.7 Å². The summed E-state index contributed by atoms with van der Waals surface area (Å²) in [7, 11) is 0. The summed E-state index contributed by atoms with van der Waals surface area (Å²) in [5.74, 6) is 2.36. The zero-order chi connectivity index (χ0) is 18.9. The first-order valence-electron chi connectivity index (χ1n) is 9.55. The van der Waals surface area contributed by atoms with Crippen LogP contribution in [0.25, 0.3) is 11.1 Å². The number of benzene rings is 1. The number of piperidine rings is 1. The summed E-state index contributed by atoms with van der Waals surface area (Å²) < 4.78 is 10.9. The molecule has 0 bridgehead atoms. The van der Waals surface area contributed by atoms with Crippen molar-refractivity contribution >= 4 is 5.82 Å². The molecule has 2 atom stereocenters. The van der Waals surface area contributed by atoms with Crippen molar-refractivity contribution in [1.29, 1.82) is 0 Å². The molecule has 2 aliphatic rings. The van der Waals surface area contributed by atoms with Crippen molar-refractivity contribution in [2.45, 2.75) is 32.3 Å². The molecule has 6 heteroatoms. The average Bonchev–Trinajstić information content (AvgIpc) is 3.17. The van der Waals surface area contributed by atoms with Crippen LogP contribution in [0, 0.1) is 5.41 Å². The number of aliphatic hydroxyl groups is 2. The highest BCUT2D eigenvalue weighted by atomic mass is 16.7. The molecule has 0 spiro atoms. The van der Waals surface area contributed by atoms with Gasteiger partial charge >= 0.3 is 0 Å². The van der Waals surface area contributed by atoms with E-state index in [-0.39, 0.29) is 18.8 Å². The lowest BCUT2D eigenvalue weighted by Crippen LogP contribution is -2.53. The normalized spacial score (nSPS) is 24.3. The number of nitrogens with zero attached hydrogens (tertiary/aromatic N) is 2. The first-order chi connectivity index (χ1) is 13.1. The van der Waals surface area contributed by atoms with Crippen molar-refractivity contribution in [3.05, 3.63) is 36.5 Å². The molecule has 1 fully saturated rings. The summed E-state index contributed by atoms with van der Waals surface area (Å²) in [4.78, 5) is 6.61. The van der Waals surface area contributed by atoms with Gasteiger partial charge in [-0.25, -0.2) is 4.98 Å². The van der Waals surface area contributed by atoms with Gasteiger partial charge in [0.1, 0.15) is 5.82 Å². The fraction of sp³-hybridized carbons (Fsp3) is 0.476. The molecule has 6 nitrogen and oxygen atoms in total.